The fourth-order valence-electron chi connectivity index (χ4n) is 3.90. The van der Waals surface area contributed by atoms with Gasteiger partial charge in [-0.3, -0.25) is 19.4 Å². The number of imide groups is 2. The minimum atomic E-state index is -4.14. The Morgan fingerprint density at radius 2 is 1.66 bits per heavy atom. The number of carbonyl (C=O) groups excluding carboxylic acids is 3. The topological polar surface area (TPSA) is 125 Å². The standard InChI is InChI=1S/C24H26N4O6S/c1-15(2)12-13-27-22(29)20(21-25-18-6-4-5-7-19(18)35(32,33)26-21)23(30)28(24(27)31)14-16-8-10-17(34-3)11-9-16/h4-11,15,20H,12-14H2,1-3H3,(H,25,26). The van der Waals surface area contributed by atoms with Gasteiger partial charge >= 0.3 is 6.03 Å². The number of urea groups is 1. The average molecular weight is 499 g/mol. The fraction of sp³-hybridized carbons (Fsp3) is 0.333. The predicted octanol–water partition coefficient (Wildman–Crippen LogP) is 2.86. The van der Waals surface area contributed by atoms with Crippen LogP contribution in [0.3, 0.4) is 0 Å². The summed E-state index contributed by atoms with van der Waals surface area (Å²) in [6, 6.07) is 12.2. The number of barbiturate groups is 1. The van der Waals surface area contributed by atoms with Crippen LogP contribution >= 0.6 is 0 Å². The van der Waals surface area contributed by atoms with Crippen molar-refractivity contribution in [2.24, 2.45) is 16.2 Å². The van der Waals surface area contributed by atoms with Crippen LogP contribution in [-0.4, -0.2) is 55.6 Å². The number of rotatable bonds is 7. The van der Waals surface area contributed by atoms with E-state index in [1.165, 1.54) is 19.2 Å². The van der Waals surface area contributed by atoms with Gasteiger partial charge in [-0.05, 0) is 42.2 Å². The van der Waals surface area contributed by atoms with Gasteiger partial charge in [0.15, 0.2) is 5.92 Å². The molecule has 11 heteroatoms. The van der Waals surface area contributed by atoms with Crippen LogP contribution in [0.1, 0.15) is 25.8 Å². The predicted molar refractivity (Wildman–Crippen MR) is 128 cm³/mol. The smallest absolute Gasteiger partial charge is 0.333 e. The number of ether oxygens (including phenoxy) is 1. The summed E-state index contributed by atoms with van der Waals surface area (Å²) in [5.41, 5.74) is 0.853. The van der Waals surface area contributed by atoms with E-state index in [1.54, 1.807) is 36.4 Å². The number of nitrogens with zero attached hydrogens (tertiary/aromatic N) is 3. The van der Waals surface area contributed by atoms with Gasteiger partial charge in [-0.15, -0.1) is 4.40 Å². The molecule has 2 heterocycles. The van der Waals surface area contributed by atoms with Crippen LogP contribution in [0.25, 0.3) is 0 Å². The van der Waals surface area contributed by atoms with Gasteiger partial charge in [-0.1, -0.05) is 38.1 Å². The van der Waals surface area contributed by atoms with E-state index in [4.69, 9.17) is 4.74 Å². The van der Waals surface area contributed by atoms with Gasteiger partial charge in [-0.2, -0.15) is 8.42 Å². The SMILES string of the molecule is COc1ccc(CN2C(=O)C(C3=NS(=O)(=O)c4ccccc4N3)C(=O)N(CCC(C)C)C2=O)cc1. The van der Waals surface area contributed by atoms with Crippen molar-refractivity contribution in [3.63, 3.8) is 0 Å². The molecule has 2 aliphatic heterocycles. The maximum absolute atomic E-state index is 13.5. The Bertz CT molecular complexity index is 1300. The molecule has 1 saturated heterocycles. The Balaban J connectivity index is 1.72. The molecule has 10 nitrogen and oxygen atoms in total. The lowest BCUT2D eigenvalue weighted by atomic mass is 10.00. The van der Waals surface area contributed by atoms with Crippen molar-refractivity contribution in [3.8, 4) is 5.75 Å². The Morgan fingerprint density at radius 1 is 1.00 bits per heavy atom. The second-order valence-corrected chi connectivity index (χ2v) is 10.3. The quantitative estimate of drug-likeness (QED) is 0.582. The highest BCUT2D eigenvalue weighted by atomic mass is 32.2. The molecule has 1 N–H and O–H groups in total. The minimum Gasteiger partial charge on any atom is -0.497 e. The number of hydrogen-bond donors (Lipinski definition) is 1. The van der Waals surface area contributed by atoms with Crippen LogP contribution in [0.2, 0.25) is 0 Å². The molecule has 2 aliphatic rings. The van der Waals surface area contributed by atoms with Gasteiger partial charge in [0.1, 0.15) is 16.5 Å². The summed E-state index contributed by atoms with van der Waals surface area (Å²) < 4.78 is 34.5. The normalized spacial score (nSPS) is 19.4. The molecule has 1 atom stereocenters. The molecule has 2 aromatic carbocycles. The monoisotopic (exact) mass is 498 g/mol. The Kier molecular flexibility index (Phi) is 6.62. The highest BCUT2D eigenvalue weighted by Crippen LogP contribution is 2.31. The molecular formula is C24H26N4O6S. The molecule has 35 heavy (non-hydrogen) atoms. The van der Waals surface area contributed by atoms with Crippen LogP contribution < -0.4 is 10.1 Å². The Hall–Kier alpha value is -3.73. The van der Waals surface area contributed by atoms with Crippen molar-refractivity contribution >= 4 is 39.4 Å². The van der Waals surface area contributed by atoms with Gasteiger partial charge in [0.25, 0.3) is 21.8 Å². The van der Waals surface area contributed by atoms with Gasteiger partial charge in [0.2, 0.25) is 0 Å². The Morgan fingerprint density at radius 3 is 2.31 bits per heavy atom. The number of para-hydroxylation sites is 1. The van der Waals surface area contributed by atoms with E-state index in [0.717, 1.165) is 9.80 Å². The zero-order chi connectivity index (χ0) is 25.3. The van der Waals surface area contributed by atoms with Gasteiger partial charge in [0, 0.05) is 6.54 Å². The van der Waals surface area contributed by atoms with E-state index in [-0.39, 0.29) is 35.4 Å². The average Bonchev–Trinajstić information content (AvgIpc) is 2.81. The van der Waals surface area contributed by atoms with E-state index >= 15 is 0 Å². The van der Waals surface area contributed by atoms with Crippen molar-refractivity contribution < 1.29 is 27.5 Å². The molecule has 1 unspecified atom stereocenters. The number of methoxy groups -OCH3 is 1. The van der Waals surface area contributed by atoms with E-state index < -0.39 is 33.8 Å². The van der Waals surface area contributed by atoms with Crippen LogP contribution in [0.5, 0.6) is 5.75 Å². The molecule has 2 aromatic rings. The number of sulfonamides is 1. The summed E-state index contributed by atoms with van der Waals surface area (Å²) >= 11 is 0. The van der Waals surface area contributed by atoms with Crippen molar-refractivity contribution in [2.75, 3.05) is 19.0 Å². The summed E-state index contributed by atoms with van der Waals surface area (Å²) in [6.45, 7) is 3.90. The van der Waals surface area contributed by atoms with Crippen molar-refractivity contribution in [3.05, 3.63) is 54.1 Å². The van der Waals surface area contributed by atoms with Crippen LogP contribution in [-0.2, 0) is 26.2 Å². The highest BCUT2D eigenvalue weighted by molar-refractivity contribution is 7.90. The maximum atomic E-state index is 13.5. The molecule has 4 amide bonds. The fourth-order valence-corrected chi connectivity index (χ4v) is 5.05. The summed E-state index contributed by atoms with van der Waals surface area (Å²) in [5, 5.41) is 2.83. The lowest BCUT2D eigenvalue weighted by molar-refractivity contribution is -0.146. The third-order valence-electron chi connectivity index (χ3n) is 5.84. The van der Waals surface area contributed by atoms with Gasteiger partial charge in [-0.25, -0.2) is 4.79 Å². The molecule has 0 spiro atoms. The van der Waals surface area contributed by atoms with Crippen LogP contribution in [0.15, 0.2) is 57.8 Å². The lowest BCUT2D eigenvalue weighted by Crippen LogP contribution is -2.62. The number of amidine groups is 1. The number of benzene rings is 2. The minimum absolute atomic E-state index is 0.0534. The zero-order valence-corrected chi connectivity index (χ0v) is 20.4. The molecular weight excluding hydrogens is 472 g/mol. The Labute approximate surface area is 203 Å². The molecule has 0 aliphatic carbocycles. The summed E-state index contributed by atoms with van der Waals surface area (Å²) in [7, 11) is -2.62. The van der Waals surface area contributed by atoms with Crippen molar-refractivity contribution in [1.82, 2.24) is 9.80 Å². The molecule has 184 valence electrons. The van der Waals surface area contributed by atoms with E-state index in [0.29, 0.717) is 17.7 Å². The second kappa shape index (κ2) is 9.49. The molecule has 0 radical (unpaired) electrons. The first-order chi connectivity index (χ1) is 16.6. The second-order valence-electron chi connectivity index (χ2n) is 8.73. The van der Waals surface area contributed by atoms with Gasteiger partial charge in [0.05, 0.1) is 19.3 Å². The molecule has 4 rings (SSSR count). The van der Waals surface area contributed by atoms with Crippen LogP contribution in [0, 0.1) is 11.8 Å². The summed E-state index contributed by atoms with van der Waals surface area (Å²) in [6.07, 6.45) is 0.524. The first kappa shape index (κ1) is 24.4. The molecule has 0 bridgehead atoms. The number of nitrogens with one attached hydrogen (secondary N) is 1. The number of fused-ring (bicyclic) bond motifs is 1. The first-order valence-corrected chi connectivity index (χ1v) is 12.6. The maximum Gasteiger partial charge on any atom is 0.333 e. The first-order valence-electron chi connectivity index (χ1n) is 11.1. The van der Waals surface area contributed by atoms with Gasteiger partial charge < -0.3 is 10.1 Å². The van der Waals surface area contributed by atoms with Crippen molar-refractivity contribution in [2.45, 2.75) is 31.7 Å². The lowest BCUT2D eigenvalue weighted by Gasteiger charge is -2.38. The number of anilines is 1. The number of carbonyl (C=O) groups is 3. The highest BCUT2D eigenvalue weighted by Gasteiger charge is 2.49. The molecule has 0 saturated carbocycles. The number of amides is 4. The van der Waals surface area contributed by atoms with E-state index in [2.05, 4.69) is 9.71 Å². The molecule has 1 fully saturated rings. The third kappa shape index (κ3) is 4.76. The molecule has 0 aromatic heterocycles. The van der Waals surface area contributed by atoms with Crippen molar-refractivity contribution in [1.29, 1.82) is 0 Å². The van der Waals surface area contributed by atoms with E-state index in [9.17, 15) is 22.8 Å². The number of hydrogen-bond acceptors (Lipinski definition) is 7. The third-order valence-corrected chi connectivity index (χ3v) is 7.19. The zero-order valence-electron chi connectivity index (χ0n) is 19.6. The van der Waals surface area contributed by atoms with Crippen LogP contribution in [0.4, 0.5) is 10.5 Å². The summed E-state index contributed by atoms with van der Waals surface area (Å²) in [4.78, 5) is 42.0. The van der Waals surface area contributed by atoms with E-state index in [1.807, 2.05) is 13.8 Å². The summed E-state index contributed by atoms with van der Waals surface area (Å²) in [5.74, 6) is -2.74. The largest absolute Gasteiger partial charge is 0.497 e.